The number of carbonyl (C=O) groups excluding carboxylic acids is 2. The number of hydrogen-bond acceptors (Lipinski definition) is 5. The van der Waals surface area contributed by atoms with Crippen LogP contribution in [-0.4, -0.2) is 73.0 Å². The molecular formula is C15H26N2O5S. The van der Waals surface area contributed by atoms with Gasteiger partial charge in [0.1, 0.15) is 11.6 Å². The van der Waals surface area contributed by atoms with E-state index < -0.39 is 27.6 Å². The van der Waals surface area contributed by atoms with Crippen LogP contribution >= 0.6 is 0 Å². The first kappa shape index (κ1) is 18.0. The molecule has 2 unspecified atom stereocenters. The number of likely N-dealkylation sites (N-methyl/N-ethyl adjacent to an activating group) is 1. The van der Waals surface area contributed by atoms with Crippen molar-refractivity contribution in [1.82, 2.24) is 9.80 Å². The van der Waals surface area contributed by atoms with Crippen molar-refractivity contribution in [1.29, 1.82) is 0 Å². The molecule has 0 aliphatic carbocycles. The Bertz CT molecular complexity index is 581. The van der Waals surface area contributed by atoms with Crippen LogP contribution < -0.4 is 0 Å². The van der Waals surface area contributed by atoms with Crippen LogP contribution in [0.5, 0.6) is 0 Å². The van der Waals surface area contributed by atoms with E-state index in [1.165, 1.54) is 9.80 Å². The molecule has 8 heteroatoms. The molecular weight excluding hydrogens is 320 g/mol. The molecule has 2 amide bonds. The van der Waals surface area contributed by atoms with Crippen molar-refractivity contribution in [3.05, 3.63) is 0 Å². The van der Waals surface area contributed by atoms with Crippen molar-refractivity contribution in [3.8, 4) is 0 Å². The second kappa shape index (κ2) is 6.30. The lowest BCUT2D eigenvalue weighted by Gasteiger charge is -2.32. The average molecular weight is 346 g/mol. The molecule has 0 aromatic carbocycles. The van der Waals surface area contributed by atoms with Crippen LogP contribution in [0, 0.1) is 0 Å². The first-order valence-electron chi connectivity index (χ1n) is 7.97. The van der Waals surface area contributed by atoms with Crippen molar-refractivity contribution < 1.29 is 22.7 Å². The maximum absolute atomic E-state index is 12.7. The quantitative estimate of drug-likeness (QED) is 0.746. The molecule has 2 saturated heterocycles. The van der Waals surface area contributed by atoms with Gasteiger partial charge in [0.05, 0.1) is 11.5 Å². The highest BCUT2D eigenvalue weighted by atomic mass is 32.2. The second-order valence-electron chi connectivity index (χ2n) is 7.34. The fraction of sp³-hybridized carbons (Fsp3) is 0.867. The lowest BCUT2D eigenvalue weighted by atomic mass is 10.1. The van der Waals surface area contributed by atoms with Crippen molar-refractivity contribution in [3.63, 3.8) is 0 Å². The Morgan fingerprint density at radius 2 is 1.87 bits per heavy atom. The van der Waals surface area contributed by atoms with Crippen molar-refractivity contribution in [2.45, 2.75) is 57.7 Å². The maximum atomic E-state index is 12.7. The van der Waals surface area contributed by atoms with Crippen LogP contribution in [0.2, 0.25) is 0 Å². The van der Waals surface area contributed by atoms with E-state index in [4.69, 9.17) is 4.74 Å². The van der Waals surface area contributed by atoms with E-state index in [1.807, 2.05) is 0 Å². The molecule has 2 fully saturated rings. The smallest absolute Gasteiger partial charge is 0.410 e. The van der Waals surface area contributed by atoms with Crippen LogP contribution in [0.25, 0.3) is 0 Å². The SMILES string of the molecule is CN(C(=O)C1CCCN1C(=O)OC(C)(C)C)C1CCS(=O)(=O)C1. The summed E-state index contributed by atoms with van der Waals surface area (Å²) in [6.45, 7) is 5.84. The van der Waals surface area contributed by atoms with Gasteiger partial charge in [-0.2, -0.15) is 0 Å². The summed E-state index contributed by atoms with van der Waals surface area (Å²) in [7, 11) is -1.43. The number of nitrogens with zero attached hydrogens (tertiary/aromatic N) is 2. The molecule has 0 aromatic rings. The zero-order valence-electron chi connectivity index (χ0n) is 14.2. The van der Waals surface area contributed by atoms with E-state index in [2.05, 4.69) is 0 Å². The number of carbonyl (C=O) groups is 2. The van der Waals surface area contributed by atoms with Gasteiger partial charge in [-0.1, -0.05) is 0 Å². The van der Waals surface area contributed by atoms with E-state index in [-0.39, 0.29) is 23.5 Å². The average Bonchev–Trinajstić information content (AvgIpc) is 3.01. The molecule has 132 valence electrons. The molecule has 2 aliphatic rings. The van der Waals surface area contributed by atoms with Gasteiger partial charge >= 0.3 is 6.09 Å². The molecule has 0 saturated carbocycles. The van der Waals surface area contributed by atoms with Gasteiger partial charge in [-0.15, -0.1) is 0 Å². The lowest BCUT2D eigenvalue weighted by Crippen LogP contribution is -2.50. The molecule has 0 bridgehead atoms. The Balaban J connectivity index is 2.04. The van der Waals surface area contributed by atoms with Gasteiger partial charge in [0, 0.05) is 19.6 Å². The second-order valence-corrected chi connectivity index (χ2v) is 9.57. The molecule has 23 heavy (non-hydrogen) atoms. The number of amides is 2. The highest BCUT2D eigenvalue weighted by Gasteiger charge is 2.41. The van der Waals surface area contributed by atoms with E-state index in [0.29, 0.717) is 19.4 Å². The minimum absolute atomic E-state index is 0.00833. The van der Waals surface area contributed by atoms with Gasteiger partial charge in [0.15, 0.2) is 9.84 Å². The Morgan fingerprint density at radius 3 is 2.39 bits per heavy atom. The van der Waals surface area contributed by atoms with E-state index in [0.717, 1.165) is 6.42 Å². The van der Waals surface area contributed by atoms with Gasteiger partial charge in [0.25, 0.3) is 0 Å². The van der Waals surface area contributed by atoms with Crippen LogP contribution in [0.1, 0.15) is 40.0 Å². The summed E-state index contributed by atoms with van der Waals surface area (Å²) in [4.78, 5) is 27.9. The maximum Gasteiger partial charge on any atom is 0.410 e. The molecule has 2 rings (SSSR count). The molecule has 2 heterocycles. The van der Waals surface area contributed by atoms with Crippen LogP contribution in [-0.2, 0) is 19.4 Å². The zero-order valence-corrected chi connectivity index (χ0v) is 15.1. The van der Waals surface area contributed by atoms with Gasteiger partial charge < -0.3 is 9.64 Å². The Labute approximate surface area is 137 Å². The van der Waals surface area contributed by atoms with Crippen molar-refractivity contribution in [2.24, 2.45) is 0 Å². The highest BCUT2D eigenvalue weighted by Crippen LogP contribution is 2.24. The Hall–Kier alpha value is -1.31. The molecule has 2 aliphatic heterocycles. The van der Waals surface area contributed by atoms with Crippen molar-refractivity contribution in [2.75, 3.05) is 25.1 Å². The fourth-order valence-electron chi connectivity index (χ4n) is 3.06. The monoisotopic (exact) mass is 346 g/mol. The van der Waals surface area contributed by atoms with E-state index in [9.17, 15) is 18.0 Å². The number of ether oxygens (including phenoxy) is 1. The summed E-state index contributed by atoms with van der Waals surface area (Å²) in [5.74, 6) is -0.0696. The van der Waals surface area contributed by atoms with Gasteiger partial charge in [-0.05, 0) is 40.0 Å². The molecule has 0 spiro atoms. The zero-order chi connectivity index (χ0) is 17.4. The van der Waals surface area contributed by atoms with E-state index in [1.54, 1.807) is 27.8 Å². The summed E-state index contributed by atoms with van der Waals surface area (Å²) in [5.41, 5.74) is -0.612. The van der Waals surface area contributed by atoms with Crippen LogP contribution in [0.15, 0.2) is 0 Å². The minimum Gasteiger partial charge on any atom is -0.444 e. The Morgan fingerprint density at radius 1 is 1.22 bits per heavy atom. The fourth-order valence-corrected chi connectivity index (χ4v) is 4.83. The summed E-state index contributed by atoms with van der Waals surface area (Å²) < 4.78 is 28.6. The first-order valence-corrected chi connectivity index (χ1v) is 9.79. The Kier molecular flexibility index (Phi) is 4.94. The molecule has 0 N–H and O–H groups in total. The minimum atomic E-state index is -3.05. The largest absolute Gasteiger partial charge is 0.444 e. The van der Waals surface area contributed by atoms with E-state index >= 15 is 0 Å². The summed E-state index contributed by atoms with van der Waals surface area (Å²) in [6.07, 6.45) is 1.30. The third-order valence-electron chi connectivity index (χ3n) is 4.27. The normalized spacial score (nSPS) is 27.0. The van der Waals surface area contributed by atoms with Gasteiger partial charge in [-0.3, -0.25) is 9.69 Å². The summed E-state index contributed by atoms with van der Waals surface area (Å²) in [6, 6.07) is -0.855. The third-order valence-corrected chi connectivity index (χ3v) is 6.02. The lowest BCUT2D eigenvalue weighted by molar-refractivity contribution is -0.136. The van der Waals surface area contributed by atoms with Crippen LogP contribution in [0.3, 0.4) is 0 Å². The molecule has 2 atom stereocenters. The number of hydrogen-bond donors (Lipinski definition) is 0. The van der Waals surface area contributed by atoms with Gasteiger partial charge in [0.2, 0.25) is 5.91 Å². The molecule has 7 nitrogen and oxygen atoms in total. The molecule has 0 aromatic heterocycles. The third kappa shape index (κ3) is 4.37. The first-order chi connectivity index (χ1) is 10.5. The van der Waals surface area contributed by atoms with Crippen molar-refractivity contribution >= 4 is 21.8 Å². The standard InChI is InChI=1S/C15H26N2O5S/c1-15(2,3)22-14(19)17-8-5-6-12(17)13(18)16(4)11-7-9-23(20,21)10-11/h11-12H,5-10H2,1-4H3. The predicted molar refractivity (Wildman–Crippen MR) is 85.8 cm³/mol. The number of sulfone groups is 1. The van der Waals surface area contributed by atoms with Gasteiger partial charge in [-0.25, -0.2) is 13.2 Å². The van der Waals surface area contributed by atoms with Crippen LogP contribution in [0.4, 0.5) is 4.79 Å². The summed E-state index contributed by atoms with van der Waals surface area (Å²) in [5, 5.41) is 0. The topological polar surface area (TPSA) is 84.0 Å². The summed E-state index contributed by atoms with van der Waals surface area (Å²) >= 11 is 0. The number of likely N-dealkylation sites (tertiary alicyclic amines) is 1. The molecule has 0 radical (unpaired) electrons. The predicted octanol–water partition coefficient (Wildman–Crippen LogP) is 1.03. The number of rotatable bonds is 2. The highest BCUT2D eigenvalue weighted by molar-refractivity contribution is 7.91.